The zero-order valence-corrected chi connectivity index (χ0v) is 14.0. The second kappa shape index (κ2) is 7.84. The predicted molar refractivity (Wildman–Crippen MR) is 88.5 cm³/mol. The minimum absolute atomic E-state index is 0.00653. The smallest absolute Gasteiger partial charge is 0.160 e. The molecule has 22 heavy (non-hydrogen) atoms. The number of ether oxygens (including phenoxy) is 1. The molecule has 4 heteroatoms. The molecular weight excluding hydrogens is 278 g/mol. The van der Waals surface area contributed by atoms with E-state index in [9.17, 15) is 10.2 Å². The summed E-state index contributed by atoms with van der Waals surface area (Å²) in [7, 11) is 0. The summed E-state index contributed by atoms with van der Waals surface area (Å²) in [6, 6.07) is 4.04. The van der Waals surface area contributed by atoms with Crippen LogP contribution in [0, 0.1) is 0 Å². The fraction of sp³-hybridized carbons (Fsp3) is 0.667. The molecule has 0 aliphatic heterocycles. The SMILES string of the molecule is CCCN(CCOC(C)C)[C@H]1CCc2c(ccc(O)c2O)C1. The largest absolute Gasteiger partial charge is 0.504 e. The number of phenolic OH excluding ortho intramolecular Hbond substituents is 2. The third-order valence-electron chi connectivity index (χ3n) is 4.40. The van der Waals surface area contributed by atoms with Crippen LogP contribution in [0.15, 0.2) is 12.1 Å². The van der Waals surface area contributed by atoms with E-state index in [1.165, 1.54) is 0 Å². The number of nitrogens with zero attached hydrogens (tertiary/aromatic N) is 1. The summed E-state index contributed by atoms with van der Waals surface area (Å²) in [5.41, 5.74) is 2.09. The summed E-state index contributed by atoms with van der Waals surface area (Å²) >= 11 is 0. The Morgan fingerprint density at radius 1 is 1.27 bits per heavy atom. The van der Waals surface area contributed by atoms with Gasteiger partial charge in [0.25, 0.3) is 0 Å². The van der Waals surface area contributed by atoms with Crippen LogP contribution in [-0.2, 0) is 17.6 Å². The molecule has 124 valence electrons. The summed E-state index contributed by atoms with van der Waals surface area (Å²) in [5, 5.41) is 19.6. The van der Waals surface area contributed by atoms with E-state index in [-0.39, 0.29) is 17.6 Å². The van der Waals surface area contributed by atoms with E-state index in [4.69, 9.17) is 4.74 Å². The van der Waals surface area contributed by atoms with Crippen molar-refractivity contribution in [3.05, 3.63) is 23.3 Å². The number of aromatic hydroxyl groups is 2. The Hall–Kier alpha value is -1.26. The minimum Gasteiger partial charge on any atom is -0.504 e. The highest BCUT2D eigenvalue weighted by molar-refractivity contribution is 5.50. The lowest BCUT2D eigenvalue weighted by Crippen LogP contribution is -2.42. The number of hydrogen-bond acceptors (Lipinski definition) is 4. The van der Waals surface area contributed by atoms with Crippen molar-refractivity contribution >= 4 is 0 Å². The molecule has 1 aliphatic rings. The fourth-order valence-electron chi connectivity index (χ4n) is 3.28. The highest BCUT2D eigenvalue weighted by Crippen LogP contribution is 2.36. The zero-order chi connectivity index (χ0) is 16.1. The van der Waals surface area contributed by atoms with Gasteiger partial charge in [0.1, 0.15) is 0 Å². The summed E-state index contributed by atoms with van der Waals surface area (Å²) in [6.07, 6.45) is 4.18. The van der Waals surface area contributed by atoms with Crippen LogP contribution >= 0.6 is 0 Å². The van der Waals surface area contributed by atoms with Crippen molar-refractivity contribution in [1.29, 1.82) is 0 Å². The molecule has 1 aromatic rings. The van der Waals surface area contributed by atoms with Crippen molar-refractivity contribution < 1.29 is 14.9 Å². The number of hydrogen-bond donors (Lipinski definition) is 2. The number of benzene rings is 1. The van der Waals surface area contributed by atoms with Crippen LogP contribution in [-0.4, -0.2) is 47.0 Å². The lowest BCUT2D eigenvalue weighted by atomic mass is 9.86. The second-order valence-corrected chi connectivity index (χ2v) is 6.42. The van der Waals surface area contributed by atoms with Gasteiger partial charge in [-0.15, -0.1) is 0 Å². The van der Waals surface area contributed by atoms with E-state index in [0.29, 0.717) is 6.04 Å². The van der Waals surface area contributed by atoms with Gasteiger partial charge in [0, 0.05) is 18.2 Å². The molecule has 1 aliphatic carbocycles. The van der Waals surface area contributed by atoms with Gasteiger partial charge in [-0.25, -0.2) is 0 Å². The highest BCUT2D eigenvalue weighted by Gasteiger charge is 2.26. The normalized spacial score (nSPS) is 18.0. The molecule has 0 saturated carbocycles. The Morgan fingerprint density at radius 2 is 2.05 bits per heavy atom. The lowest BCUT2D eigenvalue weighted by molar-refractivity contribution is 0.0465. The molecule has 2 N–H and O–H groups in total. The maximum absolute atomic E-state index is 9.99. The number of rotatable bonds is 7. The summed E-state index contributed by atoms with van der Waals surface area (Å²) < 4.78 is 5.70. The Kier molecular flexibility index (Phi) is 6.09. The predicted octanol–water partition coefficient (Wildman–Crippen LogP) is 3.09. The second-order valence-electron chi connectivity index (χ2n) is 6.42. The van der Waals surface area contributed by atoms with Crippen LogP contribution in [0.3, 0.4) is 0 Å². The molecule has 1 atom stereocenters. The first-order valence-electron chi connectivity index (χ1n) is 8.41. The molecule has 0 saturated heterocycles. The van der Waals surface area contributed by atoms with Gasteiger partial charge in [-0.05, 0) is 57.7 Å². The molecule has 0 fully saturated rings. The van der Waals surface area contributed by atoms with Crippen LogP contribution < -0.4 is 0 Å². The maximum Gasteiger partial charge on any atom is 0.160 e. The molecule has 0 bridgehead atoms. The third kappa shape index (κ3) is 4.14. The van der Waals surface area contributed by atoms with E-state index in [1.54, 1.807) is 6.07 Å². The molecule has 0 unspecified atom stereocenters. The molecule has 0 radical (unpaired) electrons. The molecular formula is C18H29NO3. The molecule has 0 aromatic heterocycles. The van der Waals surface area contributed by atoms with Gasteiger partial charge in [0.05, 0.1) is 12.7 Å². The minimum atomic E-state index is -0.00653. The summed E-state index contributed by atoms with van der Waals surface area (Å²) in [6.45, 7) is 9.13. The first-order valence-corrected chi connectivity index (χ1v) is 8.41. The summed E-state index contributed by atoms with van der Waals surface area (Å²) in [4.78, 5) is 2.51. The van der Waals surface area contributed by atoms with Crippen LogP contribution in [0.25, 0.3) is 0 Å². The molecule has 0 spiro atoms. The molecule has 2 rings (SSSR count). The van der Waals surface area contributed by atoms with Gasteiger partial charge in [-0.3, -0.25) is 4.90 Å². The van der Waals surface area contributed by atoms with Gasteiger partial charge in [0.15, 0.2) is 11.5 Å². The van der Waals surface area contributed by atoms with E-state index in [2.05, 4.69) is 25.7 Å². The van der Waals surface area contributed by atoms with Crippen molar-refractivity contribution in [2.24, 2.45) is 0 Å². The van der Waals surface area contributed by atoms with Crippen molar-refractivity contribution in [3.8, 4) is 11.5 Å². The van der Waals surface area contributed by atoms with Gasteiger partial charge in [-0.2, -0.15) is 0 Å². The highest BCUT2D eigenvalue weighted by atomic mass is 16.5. The van der Waals surface area contributed by atoms with E-state index >= 15 is 0 Å². The van der Waals surface area contributed by atoms with Crippen LogP contribution in [0.4, 0.5) is 0 Å². The average Bonchev–Trinajstić information content (AvgIpc) is 2.49. The molecule has 4 nitrogen and oxygen atoms in total. The van der Waals surface area contributed by atoms with Crippen molar-refractivity contribution in [2.45, 2.75) is 58.6 Å². The first kappa shape index (κ1) is 17.1. The monoisotopic (exact) mass is 307 g/mol. The lowest BCUT2D eigenvalue weighted by Gasteiger charge is -2.35. The van der Waals surface area contributed by atoms with E-state index in [1.807, 2.05) is 6.07 Å². The number of phenols is 2. The van der Waals surface area contributed by atoms with Crippen molar-refractivity contribution in [3.63, 3.8) is 0 Å². The average molecular weight is 307 g/mol. The number of fused-ring (bicyclic) bond motifs is 1. The van der Waals surface area contributed by atoms with E-state index in [0.717, 1.165) is 56.5 Å². The van der Waals surface area contributed by atoms with Gasteiger partial charge < -0.3 is 14.9 Å². The van der Waals surface area contributed by atoms with Gasteiger partial charge in [-0.1, -0.05) is 13.0 Å². The van der Waals surface area contributed by atoms with Gasteiger partial charge >= 0.3 is 0 Å². The van der Waals surface area contributed by atoms with Gasteiger partial charge in [0.2, 0.25) is 0 Å². The van der Waals surface area contributed by atoms with Crippen LogP contribution in [0.1, 0.15) is 44.7 Å². The van der Waals surface area contributed by atoms with Crippen LogP contribution in [0.2, 0.25) is 0 Å². The Morgan fingerprint density at radius 3 is 2.73 bits per heavy atom. The quantitative estimate of drug-likeness (QED) is 0.760. The van der Waals surface area contributed by atoms with Crippen molar-refractivity contribution in [2.75, 3.05) is 19.7 Å². The van der Waals surface area contributed by atoms with E-state index < -0.39 is 0 Å². The molecule has 0 amide bonds. The van der Waals surface area contributed by atoms with Crippen LogP contribution in [0.5, 0.6) is 11.5 Å². The van der Waals surface area contributed by atoms with Crippen molar-refractivity contribution in [1.82, 2.24) is 4.90 Å². The fourth-order valence-corrected chi connectivity index (χ4v) is 3.28. The zero-order valence-electron chi connectivity index (χ0n) is 14.0. The standard InChI is InChI=1S/C18H29NO3/c1-4-9-19(10-11-22-13(2)3)15-6-7-16-14(12-15)5-8-17(20)18(16)21/h5,8,13,15,20-21H,4,6-7,9-12H2,1-3H3/t15-/m0/s1. The molecule has 0 heterocycles. The first-order chi connectivity index (χ1) is 10.5. The topological polar surface area (TPSA) is 52.9 Å². The Labute approximate surface area is 133 Å². The summed E-state index contributed by atoms with van der Waals surface area (Å²) in [5.74, 6) is 0.0640. The Bertz CT molecular complexity index is 487. The third-order valence-corrected chi connectivity index (χ3v) is 4.40. The molecule has 1 aromatic carbocycles. The Balaban J connectivity index is 2.02. The maximum atomic E-state index is 9.99.